The first-order valence-corrected chi connectivity index (χ1v) is 11.2. The van der Waals surface area contributed by atoms with Gasteiger partial charge >= 0.3 is 6.03 Å². The van der Waals surface area contributed by atoms with Gasteiger partial charge in [-0.15, -0.1) is 0 Å². The van der Waals surface area contributed by atoms with Crippen LogP contribution in [-0.4, -0.2) is 65.9 Å². The summed E-state index contributed by atoms with van der Waals surface area (Å²) in [5, 5.41) is 12.3. The molecule has 2 N–H and O–H groups in total. The Morgan fingerprint density at radius 1 is 1.00 bits per heavy atom. The first-order chi connectivity index (χ1) is 15.0. The van der Waals surface area contributed by atoms with Crippen molar-refractivity contribution in [2.45, 2.75) is 45.6 Å². The fourth-order valence-corrected chi connectivity index (χ4v) is 4.07. The van der Waals surface area contributed by atoms with E-state index in [1.165, 1.54) is 11.1 Å². The van der Waals surface area contributed by atoms with E-state index in [1.807, 2.05) is 18.2 Å². The third-order valence-corrected chi connectivity index (χ3v) is 5.54. The monoisotopic (exact) mass is 425 g/mol. The van der Waals surface area contributed by atoms with Crippen LogP contribution in [0.25, 0.3) is 0 Å². The molecule has 2 atom stereocenters. The minimum absolute atomic E-state index is 0.0460. The quantitative estimate of drug-likeness (QED) is 0.648. The lowest BCUT2D eigenvalue weighted by Gasteiger charge is -2.35. The summed E-state index contributed by atoms with van der Waals surface area (Å²) in [5.74, 6) is 0. The number of morpholine rings is 1. The third kappa shape index (κ3) is 7.65. The summed E-state index contributed by atoms with van der Waals surface area (Å²) in [6.07, 6.45) is 1.30. The Bertz CT molecular complexity index is 787. The molecule has 0 aliphatic carbocycles. The molecule has 1 heterocycles. The van der Waals surface area contributed by atoms with E-state index >= 15 is 0 Å². The molecule has 2 aromatic rings. The summed E-state index contributed by atoms with van der Waals surface area (Å²) < 4.78 is 5.81. The number of ether oxygens (including phenoxy) is 1. The van der Waals surface area contributed by atoms with Gasteiger partial charge in [0, 0.05) is 39.3 Å². The van der Waals surface area contributed by atoms with Gasteiger partial charge < -0.3 is 20.1 Å². The normalized spacial score (nSPS) is 19.2. The third-order valence-electron chi connectivity index (χ3n) is 5.54. The maximum absolute atomic E-state index is 12.6. The van der Waals surface area contributed by atoms with Crippen molar-refractivity contribution in [2.24, 2.45) is 0 Å². The van der Waals surface area contributed by atoms with Crippen LogP contribution in [0.3, 0.4) is 0 Å². The maximum Gasteiger partial charge on any atom is 0.317 e. The molecular weight excluding hydrogens is 390 g/mol. The summed E-state index contributed by atoms with van der Waals surface area (Å²) in [4.78, 5) is 16.7. The smallest absolute Gasteiger partial charge is 0.317 e. The SMILES string of the molecule is CC1CN(Cc2ccc(CNC(=O)N(CCO)CCc3ccccc3)cc2)CC(C)O1. The lowest BCUT2D eigenvalue weighted by atomic mass is 10.1. The van der Waals surface area contributed by atoms with Crippen LogP contribution in [-0.2, 0) is 24.2 Å². The van der Waals surface area contributed by atoms with Gasteiger partial charge in [-0.3, -0.25) is 4.90 Å². The van der Waals surface area contributed by atoms with Gasteiger partial charge in [-0.25, -0.2) is 4.79 Å². The maximum atomic E-state index is 12.6. The van der Waals surface area contributed by atoms with Crippen LogP contribution in [0.4, 0.5) is 4.79 Å². The van der Waals surface area contributed by atoms with Gasteiger partial charge in [-0.2, -0.15) is 0 Å². The second-order valence-corrected chi connectivity index (χ2v) is 8.37. The predicted octanol–water partition coefficient (Wildman–Crippen LogP) is 3.04. The number of amides is 2. The van der Waals surface area contributed by atoms with E-state index < -0.39 is 0 Å². The molecule has 1 aliphatic rings. The van der Waals surface area contributed by atoms with Gasteiger partial charge in [0.2, 0.25) is 0 Å². The van der Waals surface area contributed by atoms with Crippen molar-refractivity contribution in [3.8, 4) is 0 Å². The standard InChI is InChI=1S/C25H35N3O3/c1-20-17-27(18-21(2)31-20)19-24-10-8-23(9-11-24)16-26-25(30)28(14-15-29)13-12-22-6-4-3-5-7-22/h3-11,20-21,29H,12-19H2,1-2H3,(H,26,30). The van der Waals surface area contributed by atoms with Crippen LogP contribution in [0.1, 0.15) is 30.5 Å². The summed E-state index contributed by atoms with van der Waals surface area (Å²) in [7, 11) is 0. The average molecular weight is 426 g/mol. The van der Waals surface area contributed by atoms with Crippen LogP contribution < -0.4 is 5.32 Å². The summed E-state index contributed by atoms with van der Waals surface area (Å²) in [6.45, 7) is 8.38. The molecule has 1 aliphatic heterocycles. The number of nitrogens with one attached hydrogen (secondary N) is 1. The molecule has 3 rings (SSSR count). The summed E-state index contributed by atoms with van der Waals surface area (Å²) >= 11 is 0. The molecule has 0 radical (unpaired) electrons. The fourth-order valence-electron chi connectivity index (χ4n) is 4.07. The highest BCUT2D eigenvalue weighted by atomic mass is 16.5. The first-order valence-electron chi connectivity index (χ1n) is 11.2. The topological polar surface area (TPSA) is 65.0 Å². The molecule has 0 saturated carbocycles. The van der Waals surface area contributed by atoms with Crippen molar-refractivity contribution in [3.63, 3.8) is 0 Å². The second-order valence-electron chi connectivity index (χ2n) is 8.37. The van der Waals surface area contributed by atoms with Crippen molar-refractivity contribution < 1.29 is 14.6 Å². The van der Waals surface area contributed by atoms with Crippen LogP contribution in [0.5, 0.6) is 0 Å². The molecule has 1 saturated heterocycles. The Morgan fingerprint density at radius 2 is 1.65 bits per heavy atom. The van der Waals surface area contributed by atoms with E-state index in [4.69, 9.17) is 4.74 Å². The molecule has 0 spiro atoms. The zero-order valence-electron chi connectivity index (χ0n) is 18.7. The number of urea groups is 1. The van der Waals surface area contributed by atoms with Gasteiger partial charge in [0.05, 0.1) is 18.8 Å². The molecule has 0 aromatic heterocycles. The number of carbonyl (C=O) groups is 1. The molecule has 0 bridgehead atoms. The van der Waals surface area contributed by atoms with Crippen LogP contribution in [0, 0.1) is 0 Å². The van der Waals surface area contributed by atoms with E-state index in [1.54, 1.807) is 4.90 Å². The van der Waals surface area contributed by atoms with Gasteiger partial charge in [-0.1, -0.05) is 54.6 Å². The Kier molecular flexibility index (Phi) is 8.88. The molecular formula is C25H35N3O3. The van der Waals surface area contributed by atoms with E-state index in [2.05, 4.69) is 60.5 Å². The van der Waals surface area contributed by atoms with Crippen molar-refractivity contribution >= 4 is 6.03 Å². The number of aliphatic hydroxyl groups is 1. The number of hydrogen-bond donors (Lipinski definition) is 2. The molecule has 2 amide bonds. The lowest BCUT2D eigenvalue weighted by molar-refractivity contribution is -0.0704. The van der Waals surface area contributed by atoms with Gasteiger partial charge in [-0.05, 0) is 37.0 Å². The highest BCUT2D eigenvalue weighted by Crippen LogP contribution is 2.15. The van der Waals surface area contributed by atoms with Gasteiger partial charge in [0.1, 0.15) is 0 Å². The highest BCUT2D eigenvalue weighted by Gasteiger charge is 2.22. The Morgan fingerprint density at radius 3 is 2.29 bits per heavy atom. The molecule has 31 heavy (non-hydrogen) atoms. The Balaban J connectivity index is 1.46. The largest absolute Gasteiger partial charge is 0.395 e. The second kappa shape index (κ2) is 11.8. The molecule has 1 fully saturated rings. The summed E-state index contributed by atoms with van der Waals surface area (Å²) in [5.41, 5.74) is 3.51. The van der Waals surface area contributed by atoms with Crippen LogP contribution in [0.2, 0.25) is 0 Å². The van der Waals surface area contributed by atoms with Crippen LogP contribution in [0.15, 0.2) is 54.6 Å². The molecule has 168 valence electrons. The Hall–Kier alpha value is -2.41. The van der Waals surface area contributed by atoms with Gasteiger partial charge in [0.15, 0.2) is 0 Å². The van der Waals surface area contributed by atoms with Crippen molar-refractivity contribution in [1.82, 2.24) is 15.1 Å². The number of rotatable bonds is 9. The lowest BCUT2D eigenvalue weighted by Crippen LogP contribution is -2.44. The predicted molar refractivity (Wildman–Crippen MR) is 123 cm³/mol. The average Bonchev–Trinajstić information content (AvgIpc) is 2.76. The zero-order chi connectivity index (χ0) is 22.1. The number of benzene rings is 2. The molecule has 2 aromatic carbocycles. The minimum Gasteiger partial charge on any atom is -0.395 e. The molecule has 6 heteroatoms. The number of aliphatic hydroxyl groups excluding tert-OH is 1. The number of hydrogen-bond acceptors (Lipinski definition) is 4. The van der Waals surface area contributed by atoms with Crippen molar-refractivity contribution in [1.29, 1.82) is 0 Å². The van der Waals surface area contributed by atoms with E-state index in [0.717, 1.165) is 31.6 Å². The molecule has 2 unspecified atom stereocenters. The van der Waals surface area contributed by atoms with Gasteiger partial charge in [0.25, 0.3) is 0 Å². The number of carbonyl (C=O) groups excluding carboxylic acids is 1. The summed E-state index contributed by atoms with van der Waals surface area (Å²) in [6, 6.07) is 18.3. The highest BCUT2D eigenvalue weighted by molar-refractivity contribution is 5.74. The van der Waals surface area contributed by atoms with E-state index in [0.29, 0.717) is 19.6 Å². The number of nitrogens with zero attached hydrogens (tertiary/aromatic N) is 2. The fraction of sp³-hybridized carbons (Fsp3) is 0.480. The van der Waals surface area contributed by atoms with E-state index in [-0.39, 0.29) is 24.8 Å². The first kappa shape index (κ1) is 23.3. The van der Waals surface area contributed by atoms with Crippen LogP contribution >= 0.6 is 0 Å². The van der Waals surface area contributed by atoms with Crippen molar-refractivity contribution in [2.75, 3.05) is 32.8 Å². The minimum atomic E-state index is -0.148. The Labute approximate surface area is 185 Å². The van der Waals surface area contributed by atoms with E-state index in [9.17, 15) is 9.90 Å². The zero-order valence-corrected chi connectivity index (χ0v) is 18.7. The van der Waals surface area contributed by atoms with Crippen molar-refractivity contribution in [3.05, 3.63) is 71.3 Å². The molecule has 6 nitrogen and oxygen atoms in total.